The van der Waals surface area contributed by atoms with Crippen LogP contribution >= 0.6 is 11.8 Å². The highest BCUT2D eigenvalue weighted by molar-refractivity contribution is 8.13. The number of aromatic nitrogens is 2. The Hall–Kier alpha value is -2.27. The lowest BCUT2D eigenvalue weighted by molar-refractivity contribution is 0.315. The summed E-state index contributed by atoms with van der Waals surface area (Å²) in [5.41, 5.74) is 3.02. The van der Waals surface area contributed by atoms with Crippen molar-refractivity contribution in [1.82, 2.24) is 15.6 Å². The Morgan fingerprint density at radius 2 is 2.09 bits per heavy atom. The molecule has 1 N–H and O–H groups in total. The number of rotatable bonds is 2. The zero-order valence-corrected chi connectivity index (χ0v) is 13.1. The summed E-state index contributed by atoms with van der Waals surface area (Å²) >= 11 is 1.36. The molecular formula is C14H16N6OS. The highest BCUT2D eigenvalue weighted by atomic mass is 32.2. The molecule has 2 heterocycles. The first kappa shape index (κ1) is 14.7. The van der Waals surface area contributed by atoms with Crippen molar-refractivity contribution < 1.29 is 4.63 Å². The van der Waals surface area contributed by atoms with E-state index in [4.69, 9.17) is 9.89 Å². The van der Waals surface area contributed by atoms with Crippen LogP contribution in [0.2, 0.25) is 0 Å². The van der Waals surface area contributed by atoms with Crippen LogP contribution in [0, 0.1) is 11.5 Å². The molecular weight excluding hydrogens is 300 g/mol. The molecule has 0 bridgehead atoms. The van der Waals surface area contributed by atoms with Gasteiger partial charge in [-0.1, -0.05) is 11.8 Å². The number of nitrogens with zero attached hydrogens (tertiary/aromatic N) is 5. The molecule has 0 aliphatic carbocycles. The second kappa shape index (κ2) is 6.66. The monoisotopic (exact) mass is 316 g/mol. The lowest BCUT2D eigenvalue weighted by Crippen LogP contribution is -2.29. The van der Waals surface area contributed by atoms with Gasteiger partial charge in [-0.3, -0.25) is 5.32 Å². The van der Waals surface area contributed by atoms with E-state index in [1.54, 1.807) is 0 Å². The molecule has 0 unspecified atom stereocenters. The zero-order valence-electron chi connectivity index (χ0n) is 12.2. The van der Waals surface area contributed by atoms with Crippen LogP contribution in [0.5, 0.6) is 0 Å². The second-order valence-electron chi connectivity index (χ2n) is 4.97. The lowest BCUT2D eigenvalue weighted by Gasteiger charge is -2.28. The van der Waals surface area contributed by atoms with Crippen LogP contribution in [0.4, 0.5) is 11.4 Å². The van der Waals surface area contributed by atoms with E-state index in [1.807, 2.05) is 24.6 Å². The van der Waals surface area contributed by atoms with Crippen LogP contribution in [0.1, 0.15) is 19.3 Å². The van der Waals surface area contributed by atoms with Crippen molar-refractivity contribution in [2.75, 3.05) is 24.2 Å². The van der Waals surface area contributed by atoms with Gasteiger partial charge in [-0.15, -0.1) is 0 Å². The van der Waals surface area contributed by atoms with Crippen LogP contribution in [0.3, 0.4) is 0 Å². The van der Waals surface area contributed by atoms with Crippen LogP contribution in [-0.2, 0) is 0 Å². The van der Waals surface area contributed by atoms with Gasteiger partial charge >= 0.3 is 0 Å². The third-order valence-corrected chi connectivity index (χ3v) is 4.23. The highest BCUT2D eigenvalue weighted by Crippen LogP contribution is 2.33. The van der Waals surface area contributed by atoms with Gasteiger partial charge in [-0.25, -0.2) is 9.62 Å². The van der Waals surface area contributed by atoms with Gasteiger partial charge < -0.3 is 4.90 Å². The van der Waals surface area contributed by atoms with Gasteiger partial charge in [0.1, 0.15) is 0 Å². The van der Waals surface area contributed by atoms with Crippen LogP contribution in [-0.4, -0.2) is 34.8 Å². The second-order valence-corrected chi connectivity index (χ2v) is 5.77. The predicted octanol–water partition coefficient (Wildman–Crippen LogP) is 2.63. The van der Waals surface area contributed by atoms with E-state index in [0.717, 1.165) is 24.3 Å². The Bertz CT molecular complexity index is 728. The van der Waals surface area contributed by atoms with E-state index < -0.39 is 0 Å². The summed E-state index contributed by atoms with van der Waals surface area (Å²) in [5.74, 6) is 0. The lowest BCUT2D eigenvalue weighted by atomic mass is 10.1. The van der Waals surface area contributed by atoms with Crippen molar-refractivity contribution in [3.05, 3.63) is 12.1 Å². The molecule has 0 radical (unpaired) electrons. The van der Waals surface area contributed by atoms with Gasteiger partial charge in [0.25, 0.3) is 0 Å². The average molecular weight is 316 g/mol. The minimum absolute atomic E-state index is 0.512. The number of anilines is 1. The van der Waals surface area contributed by atoms with Crippen molar-refractivity contribution in [2.24, 2.45) is 4.99 Å². The smallest absolute Gasteiger partial charge is 0.183 e. The standard InChI is InChI=1S/C14H16N6OS/c1-22-14(16-9-15)17-10-5-6-11(13-12(10)18-21-19-13)20-7-3-2-4-8-20/h5-6H,2-4,7-8H2,1H3,(H,16,17). The van der Waals surface area contributed by atoms with Gasteiger partial charge in [0.15, 0.2) is 22.4 Å². The van der Waals surface area contributed by atoms with E-state index in [9.17, 15) is 0 Å². The third kappa shape index (κ3) is 2.85. The van der Waals surface area contributed by atoms with Crippen molar-refractivity contribution >= 4 is 39.3 Å². The number of hydrogen-bond donors (Lipinski definition) is 1. The normalized spacial score (nSPS) is 15.8. The van der Waals surface area contributed by atoms with E-state index in [-0.39, 0.29) is 0 Å². The van der Waals surface area contributed by atoms with Crippen molar-refractivity contribution in [1.29, 1.82) is 5.26 Å². The molecule has 1 aliphatic rings. The number of nitriles is 1. The molecule has 0 amide bonds. The van der Waals surface area contributed by atoms with E-state index >= 15 is 0 Å². The Labute approximate surface area is 132 Å². The number of thioether (sulfide) groups is 1. The fourth-order valence-electron chi connectivity index (χ4n) is 2.60. The molecule has 0 spiro atoms. The molecule has 1 saturated heterocycles. The molecule has 1 fully saturated rings. The quantitative estimate of drug-likeness (QED) is 0.394. The molecule has 0 saturated carbocycles. The van der Waals surface area contributed by atoms with Crippen molar-refractivity contribution in [2.45, 2.75) is 19.3 Å². The first-order valence-corrected chi connectivity index (χ1v) is 8.34. The number of hydrogen-bond acceptors (Lipinski definition) is 7. The molecule has 2 aromatic rings. The maximum absolute atomic E-state index is 8.72. The number of nitrogens with one attached hydrogen (secondary N) is 1. The molecule has 7 nitrogen and oxygen atoms in total. The molecule has 1 aromatic heterocycles. The molecule has 114 valence electrons. The Morgan fingerprint density at radius 1 is 1.32 bits per heavy atom. The molecule has 1 aromatic carbocycles. The summed E-state index contributed by atoms with van der Waals surface area (Å²) in [6.45, 7) is 2.05. The zero-order chi connectivity index (χ0) is 15.4. The molecule has 22 heavy (non-hydrogen) atoms. The van der Waals surface area contributed by atoms with Crippen LogP contribution in [0.15, 0.2) is 21.8 Å². The number of fused-ring (bicyclic) bond motifs is 1. The van der Waals surface area contributed by atoms with Crippen molar-refractivity contribution in [3.63, 3.8) is 0 Å². The van der Waals surface area contributed by atoms with E-state index in [2.05, 4.69) is 25.5 Å². The summed E-state index contributed by atoms with van der Waals surface area (Å²) in [6, 6.07) is 3.90. The van der Waals surface area contributed by atoms with Gasteiger partial charge in [0.05, 0.1) is 11.4 Å². The van der Waals surface area contributed by atoms with E-state index in [1.165, 1.54) is 31.0 Å². The SMILES string of the molecule is CSC(=Nc1ccc(N2CCCCC2)c2nonc12)NC#N. The van der Waals surface area contributed by atoms with E-state index in [0.29, 0.717) is 16.4 Å². The Morgan fingerprint density at radius 3 is 2.82 bits per heavy atom. The molecule has 0 atom stereocenters. The fourth-order valence-corrected chi connectivity index (χ4v) is 2.94. The maximum atomic E-state index is 8.72. The van der Waals surface area contributed by atoms with Crippen molar-refractivity contribution in [3.8, 4) is 6.19 Å². The number of piperidine rings is 1. The maximum Gasteiger partial charge on any atom is 0.183 e. The first-order valence-electron chi connectivity index (χ1n) is 7.11. The number of benzene rings is 1. The molecule has 8 heteroatoms. The summed E-state index contributed by atoms with van der Waals surface area (Å²) < 4.78 is 4.92. The fraction of sp³-hybridized carbons (Fsp3) is 0.429. The highest BCUT2D eigenvalue weighted by Gasteiger charge is 2.18. The minimum Gasteiger partial charge on any atom is -0.370 e. The Kier molecular flexibility index (Phi) is 4.44. The number of amidine groups is 1. The summed E-state index contributed by atoms with van der Waals surface area (Å²) in [6.07, 6.45) is 7.38. The van der Waals surface area contributed by atoms with Crippen LogP contribution < -0.4 is 10.2 Å². The largest absolute Gasteiger partial charge is 0.370 e. The van der Waals surface area contributed by atoms with Gasteiger partial charge in [0.2, 0.25) is 0 Å². The third-order valence-electron chi connectivity index (χ3n) is 3.65. The van der Waals surface area contributed by atoms with Gasteiger partial charge in [-0.05, 0) is 48.0 Å². The summed E-state index contributed by atoms with van der Waals surface area (Å²) in [7, 11) is 0. The number of aliphatic imine (C=N–C) groups is 1. The molecule has 3 rings (SSSR count). The first-order chi connectivity index (χ1) is 10.8. The van der Waals surface area contributed by atoms with Gasteiger partial charge in [-0.2, -0.15) is 5.26 Å². The summed E-state index contributed by atoms with van der Waals surface area (Å²) in [4.78, 5) is 6.73. The molecule has 1 aliphatic heterocycles. The topological polar surface area (TPSA) is 90.3 Å². The average Bonchev–Trinajstić information content (AvgIpc) is 3.05. The van der Waals surface area contributed by atoms with Gasteiger partial charge in [0, 0.05) is 13.1 Å². The summed E-state index contributed by atoms with van der Waals surface area (Å²) in [5, 5.41) is 19.8. The minimum atomic E-state index is 0.512. The predicted molar refractivity (Wildman–Crippen MR) is 87.2 cm³/mol. The Balaban J connectivity index is 2.01. The van der Waals surface area contributed by atoms with Crippen LogP contribution in [0.25, 0.3) is 11.0 Å².